The van der Waals surface area contributed by atoms with Crippen LogP contribution in [0.3, 0.4) is 0 Å². The fraction of sp³-hybridized carbons (Fsp3) is 0.571. The first-order chi connectivity index (χ1) is 8.25. The van der Waals surface area contributed by atoms with E-state index in [1.54, 1.807) is 0 Å². The van der Waals surface area contributed by atoms with Gasteiger partial charge in [0.1, 0.15) is 11.4 Å². The first-order valence-electron chi connectivity index (χ1n) is 6.45. The van der Waals surface area contributed by atoms with Gasteiger partial charge in [0.2, 0.25) is 0 Å². The van der Waals surface area contributed by atoms with Gasteiger partial charge in [-0.05, 0) is 49.7 Å². The number of halogens is 1. The Balaban J connectivity index is 1.71. The van der Waals surface area contributed by atoms with Crippen molar-refractivity contribution in [2.45, 2.75) is 24.9 Å². The second kappa shape index (κ2) is 3.48. The van der Waals surface area contributed by atoms with E-state index in [-0.39, 0.29) is 5.60 Å². The van der Waals surface area contributed by atoms with E-state index in [4.69, 9.17) is 4.74 Å². The van der Waals surface area contributed by atoms with Crippen molar-refractivity contribution >= 4 is 15.9 Å². The first kappa shape index (κ1) is 10.4. The molecular formula is C14H16BrNO. The third-order valence-corrected chi connectivity index (χ3v) is 5.14. The highest BCUT2D eigenvalue weighted by atomic mass is 79.9. The maximum Gasteiger partial charge on any atom is 0.129 e. The van der Waals surface area contributed by atoms with E-state index >= 15 is 0 Å². The molecule has 0 saturated carbocycles. The topological polar surface area (TPSA) is 12.5 Å². The van der Waals surface area contributed by atoms with Gasteiger partial charge >= 0.3 is 0 Å². The summed E-state index contributed by atoms with van der Waals surface area (Å²) in [6.07, 6.45) is 3.73. The van der Waals surface area contributed by atoms with Crippen LogP contribution >= 0.6 is 15.9 Å². The van der Waals surface area contributed by atoms with Crippen molar-refractivity contribution < 1.29 is 4.74 Å². The molecule has 1 aromatic rings. The van der Waals surface area contributed by atoms with Crippen LogP contribution in [-0.4, -0.2) is 30.1 Å². The highest BCUT2D eigenvalue weighted by molar-refractivity contribution is 9.10. The fourth-order valence-corrected chi connectivity index (χ4v) is 4.21. The molecule has 3 saturated heterocycles. The van der Waals surface area contributed by atoms with Crippen LogP contribution in [0, 0.1) is 5.92 Å². The molecule has 0 amide bonds. The van der Waals surface area contributed by atoms with Crippen molar-refractivity contribution in [1.29, 1.82) is 0 Å². The van der Waals surface area contributed by atoms with Crippen LogP contribution in [0.25, 0.3) is 0 Å². The summed E-state index contributed by atoms with van der Waals surface area (Å²) in [6, 6.07) is 6.42. The Labute approximate surface area is 110 Å². The minimum Gasteiger partial charge on any atom is -0.485 e. The highest BCUT2D eigenvalue weighted by Gasteiger charge is 2.51. The molecule has 4 aliphatic heterocycles. The molecule has 1 atom stereocenters. The van der Waals surface area contributed by atoms with Crippen LogP contribution in [0.5, 0.6) is 5.75 Å². The third kappa shape index (κ3) is 1.48. The van der Waals surface area contributed by atoms with Crippen molar-refractivity contribution in [3.05, 3.63) is 28.2 Å². The van der Waals surface area contributed by atoms with Crippen LogP contribution in [0.4, 0.5) is 0 Å². The Morgan fingerprint density at radius 1 is 1.29 bits per heavy atom. The number of benzene rings is 1. The molecule has 5 rings (SSSR count). The molecule has 2 nitrogen and oxygen atoms in total. The van der Waals surface area contributed by atoms with Crippen LogP contribution in [0.2, 0.25) is 0 Å². The summed E-state index contributed by atoms with van der Waals surface area (Å²) in [4.78, 5) is 2.57. The van der Waals surface area contributed by atoms with E-state index in [0.29, 0.717) is 0 Å². The van der Waals surface area contributed by atoms with Crippen LogP contribution in [-0.2, 0) is 6.42 Å². The summed E-state index contributed by atoms with van der Waals surface area (Å²) in [5, 5.41) is 0. The minimum absolute atomic E-state index is 0.0969. The van der Waals surface area contributed by atoms with E-state index in [2.05, 4.69) is 39.0 Å². The monoisotopic (exact) mass is 293 g/mol. The maximum atomic E-state index is 6.36. The summed E-state index contributed by atoms with van der Waals surface area (Å²) in [5.74, 6) is 1.88. The Kier molecular flexibility index (Phi) is 2.13. The molecule has 1 aromatic carbocycles. The molecule has 0 aliphatic carbocycles. The van der Waals surface area contributed by atoms with Gasteiger partial charge in [0.05, 0.1) is 0 Å². The average Bonchev–Trinajstić information content (AvgIpc) is 2.67. The zero-order valence-electron chi connectivity index (χ0n) is 9.79. The van der Waals surface area contributed by atoms with Crippen molar-refractivity contribution in [3.8, 4) is 5.75 Å². The zero-order chi connectivity index (χ0) is 11.5. The Morgan fingerprint density at radius 2 is 2.12 bits per heavy atom. The molecule has 90 valence electrons. The lowest BCUT2D eigenvalue weighted by molar-refractivity contribution is -0.0798. The summed E-state index contributed by atoms with van der Waals surface area (Å²) < 4.78 is 7.53. The molecule has 0 N–H and O–H groups in total. The van der Waals surface area contributed by atoms with Gasteiger partial charge < -0.3 is 4.74 Å². The normalized spacial score (nSPS) is 38.2. The molecule has 0 radical (unpaired) electrons. The molecule has 3 heteroatoms. The van der Waals surface area contributed by atoms with Gasteiger partial charge in [-0.3, -0.25) is 4.90 Å². The van der Waals surface area contributed by atoms with Crippen molar-refractivity contribution in [2.24, 2.45) is 5.92 Å². The van der Waals surface area contributed by atoms with Gasteiger partial charge in [-0.25, -0.2) is 0 Å². The second-order valence-corrected chi connectivity index (χ2v) is 6.56. The molecule has 0 aromatic heterocycles. The lowest BCUT2D eigenvalue weighted by Crippen LogP contribution is -2.61. The van der Waals surface area contributed by atoms with Crippen molar-refractivity contribution in [1.82, 2.24) is 4.90 Å². The minimum atomic E-state index is 0.0969. The fourth-order valence-electron chi connectivity index (χ4n) is 3.80. The molecule has 4 heterocycles. The van der Waals surface area contributed by atoms with Gasteiger partial charge in [0.25, 0.3) is 0 Å². The predicted molar refractivity (Wildman–Crippen MR) is 70.4 cm³/mol. The van der Waals surface area contributed by atoms with Crippen molar-refractivity contribution in [2.75, 3.05) is 19.6 Å². The van der Waals surface area contributed by atoms with Crippen LogP contribution in [0.1, 0.15) is 18.4 Å². The largest absolute Gasteiger partial charge is 0.485 e. The lowest BCUT2D eigenvalue weighted by atomic mass is 9.73. The van der Waals surface area contributed by atoms with E-state index in [0.717, 1.165) is 29.1 Å². The summed E-state index contributed by atoms with van der Waals surface area (Å²) in [5.41, 5.74) is 1.48. The number of piperidine rings is 3. The van der Waals surface area contributed by atoms with Gasteiger partial charge in [0, 0.05) is 23.4 Å². The Hall–Kier alpha value is -0.540. The van der Waals surface area contributed by atoms with E-state index < -0.39 is 0 Å². The number of ether oxygens (including phenoxy) is 1. The summed E-state index contributed by atoms with van der Waals surface area (Å²) in [6.45, 7) is 3.68. The molecule has 1 spiro atoms. The maximum absolute atomic E-state index is 6.36. The third-order valence-electron chi connectivity index (χ3n) is 4.65. The molecule has 3 fully saturated rings. The van der Waals surface area contributed by atoms with Crippen LogP contribution in [0.15, 0.2) is 22.7 Å². The molecule has 17 heavy (non-hydrogen) atoms. The SMILES string of the molecule is Brc1ccc2c(c1)C[C@]1(CN3CCC1CC3)O2. The Bertz CT molecular complexity index is 467. The van der Waals surface area contributed by atoms with Crippen molar-refractivity contribution in [3.63, 3.8) is 0 Å². The molecular weight excluding hydrogens is 278 g/mol. The quantitative estimate of drug-likeness (QED) is 0.729. The van der Waals surface area contributed by atoms with E-state index in [9.17, 15) is 0 Å². The number of nitrogens with zero attached hydrogens (tertiary/aromatic N) is 1. The summed E-state index contributed by atoms with van der Waals surface area (Å²) in [7, 11) is 0. The number of hydrogen-bond acceptors (Lipinski definition) is 2. The van der Waals surface area contributed by atoms with Gasteiger partial charge in [-0.2, -0.15) is 0 Å². The summed E-state index contributed by atoms with van der Waals surface area (Å²) >= 11 is 3.55. The standard InChI is InChI=1S/C14H16BrNO/c15-12-1-2-13-10(7-12)8-14(17-13)9-16-5-3-11(14)4-6-16/h1-2,7,11H,3-6,8-9H2/t14-/m1/s1. The molecule has 2 bridgehead atoms. The van der Waals surface area contributed by atoms with E-state index in [1.165, 1.54) is 31.5 Å². The number of rotatable bonds is 0. The Morgan fingerprint density at radius 3 is 2.82 bits per heavy atom. The zero-order valence-corrected chi connectivity index (χ0v) is 11.4. The lowest BCUT2D eigenvalue weighted by Gasteiger charge is -2.50. The molecule has 4 aliphatic rings. The second-order valence-electron chi connectivity index (χ2n) is 5.65. The van der Waals surface area contributed by atoms with E-state index in [1.807, 2.05) is 0 Å². The average molecular weight is 294 g/mol. The van der Waals surface area contributed by atoms with Gasteiger partial charge in [-0.15, -0.1) is 0 Å². The van der Waals surface area contributed by atoms with Gasteiger partial charge in [-0.1, -0.05) is 15.9 Å². The highest BCUT2D eigenvalue weighted by Crippen LogP contribution is 2.47. The number of fused-ring (bicyclic) bond motifs is 3. The van der Waals surface area contributed by atoms with Gasteiger partial charge in [0.15, 0.2) is 0 Å². The first-order valence-corrected chi connectivity index (χ1v) is 7.24. The predicted octanol–water partition coefficient (Wildman–Crippen LogP) is 2.85. The number of hydrogen-bond donors (Lipinski definition) is 0. The smallest absolute Gasteiger partial charge is 0.129 e. The van der Waals surface area contributed by atoms with Crippen LogP contribution < -0.4 is 4.74 Å². The molecule has 0 unspecified atom stereocenters.